The van der Waals surface area contributed by atoms with E-state index in [2.05, 4.69) is 9.98 Å². The molecule has 124 valence electrons. The first kappa shape index (κ1) is 18.3. The zero-order valence-electron chi connectivity index (χ0n) is 13.7. The monoisotopic (exact) mass is 318 g/mol. The second kappa shape index (κ2) is 8.04. The lowest BCUT2D eigenvalue weighted by Crippen LogP contribution is -2.36. The van der Waals surface area contributed by atoms with Crippen LogP contribution in [0.4, 0.5) is 5.69 Å². The lowest BCUT2D eigenvalue weighted by molar-refractivity contribution is -0.133. The van der Waals surface area contributed by atoms with E-state index in [4.69, 9.17) is 11.5 Å². The molecule has 0 saturated heterocycles. The number of rotatable bonds is 4. The maximum atomic E-state index is 12.3. The number of nitrogens with two attached hydrogens (primary N) is 2. The molecule has 0 heterocycles. The number of carbonyl (C=O) groups is 2. The van der Waals surface area contributed by atoms with Gasteiger partial charge in [0.1, 0.15) is 6.04 Å². The van der Waals surface area contributed by atoms with Gasteiger partial charge in [0.2, 0.25) is 11.7 Å². The summed E-state index contributed by atoms with van der Waals surface area (Å²) >= 11 is 0. The number of nitrogens with zero attached hydrogens (tertiary/aromatic N) is 4. The summed E-state index contributed by atoms with van der Waals surface area (Å²) in [5.41, 5.74) is 11.6. The Hall–Kier alpha value is -2.74. The fourth-order valence-electron chi connectivity index (χ4n) is 1.98. The summed E-state index contributed by atoms with van der Waals surface area (Å²) in [6, 6.07) is 6.51. The molecule has 0 fully saturated rings. The van der Waals surface area contributed by atoms with Crippen molar-refractivity contribution in [1.29, 1.82) is 0 Å². The Bertz CT molecular complexity index is 619. The normalized spacial score (nSPS) is 13.3. The summed E-state index contributed by atoms with van der Waals surface area (Å²) < 4.78 is 0. The van der Waals surface area contributed by atoms with Gasteiger partial charge in [-0.25, -0.2) is 9.98 Å². The van der Waals surface area contributed by atoms with Crippen molar-refractivity contribution in [3.8, 4) is 0 Å². The summed E-state index contributed by atoms with van der Waals surface area (Å²) in [4.78, 5) is 34.5. The number of benzene rings is 1. The Morgan fingerprint density at radius 2 is 1.70 bits per heavy atom. The van der Waals surface area contributed by atoms with Crippen LogP contribution in [0.15, 0.2) is 34.3 Å². The summed E-state index contributed by atoms with van der Waals surface area (Å²) in [5, 5.41) is 0. The smallest absolute Gasteiger partial charge is 0.286 e. The van der Waals surface area contributed by atoms with Crippen molar-refractivity contribution in [1.82, 2.24) is 9.80 Å². The molecule has 8 heteroatoms. The molecule has 1 aromatic carbocycles. The van der Waals surface area contributed by atoms with E-state index in [1.165, 1.54) is 4.90 Å². The van der Waals surface area contributed by atoms with Gasteiger partial charge in [-0.05, 0) is 31.8 Å². The molecule has 0 aliphatic carbocycles. The van der Waals surface area contributed by atoms with Crippen LogP contribution >= 0.6 is 0 Å². The van der Waals surface area contributed by atoms with Crippen molar-refractivity contribution < 1.29 is 9.59 Å². The molecule has 0 aromatic heterocycles. The summed E-state index contributed by atoms with van der Waals surface area (Å²) in [6.07, 6.45) is 0.954. The average Bonchev–Trinajstić information content (AvgIpc) is 2.48. The van der Waals surface area contributed by atoms with Crippen LogP contribution in [0.1, 0.15) is 11.6 Å². The minimum atomic E-state index is -0.773. The summed E-state index contributed by atoms with van der Waals surface area (Å²) in [5.74, 6) is -0.990. The van der Waals surface area contributed by atoms with Gasteiger partial charge in [-0.2, -0.15) is 0 Å². The van der Waals surface area contributed by atoms with Gasteiger partial charge >= 0.3 is 0 Å². The largest absolute Gasteiger partial charge is 0.390 e. The molecule has 0 radical (unpaired) electrons. The van der Waals surface area contributed by atoms with E-state index in [0.717, 1.165) is 11.9 Å². The van der Waals surface area contributed by atoms with Gasteiger partial charge in [-0.1, -0.05) is 12.1 Å². The highest BCUT2D eigenvalue weighted by Gasteiger charge is 2.24. The fraction of sp³-hybridized carbons (Fsp3) is 0.333. The van der Waals surface area contributed by atoms with E-state index in [1.807, 2.05) is 19.0 Å². The van der Waals surface area contributed by atoms with E-state index >= 15 is 0 Å². The fourth-order valence-corrected chi connectivity index (χ4v) is 1.98. The van der Waals surface area contributed by atoms with E-state index < -0.39 is 11.9 Å². The summed E-state index contributed by atoms with van der Waals surface area (Å²) in [6.45, 7) is 0. The Labute approximate surface area is 135 Å². The summed E-state index contributed by atoms with van der Waals surface area (Å²) in [7, 11) is 7.08. The Morgan fingerprint density at radius 1 is 1.13 bits per heavy atom. The Morgan fingerprint density at radius 3 is 2.09 bits per heavy atom. The molecule has 1 rings (SSSR count). The second-order valence-electron chi connectivity index (χ2n) is 5.27. The molecule has 2 amide bonds. The van der Waals surface area contributed by atoms with Gasteiger partial charge in [0.05, 0.1) is 12.0 Å². The van der Waals surface area contributed by atoms with Crippen LogP contribution in [0.25, 0.3) is 0 Å². The van der Waals surface area contributed by atoms with Crippen LogP contribution in [0.5, 0.6) is 0 Å². The number of amides is 2. The lowest BCUT2D eigenvalue weighted by Gasteiger charge is -2.26. The highest BCUT2D eigenvalue weighted by atomic mass is 16.2. The zero-order valence-corrected chi connectivity index (χ0v) is 13.7. The van der Waals surface area contributed by atoms with Gasteiger partial charge in [0, 0.05) is 14.1 Å². The molecule has 0 aliphatic rings. The van der Waals surface area contributed by atoms with Crippen LogP contribution in [-0.2, 0) is 9.59 Å². The minimum absolute atomic E-state index is 0.0307. The third-order valence-electron chi connectivity index (χ3n) is 3.05. The molecule has 1 atom stereocenters. The maximum Gasteiger partial charge on any atom is 0.286 e. The van der Waals surface area contributed by atoms with Gasteiger partial charge < -0.3 is 16.4 Å². The van der Waals surface area contributed by atoms with Crippen LogP contribution in [0.3, 0.4) is 0 Å². The number of likely N-dealkylation sites (N-methyl/N-ethyl adjacent to an activating group) is 2. The van der Waals surface area contributed by atoms with Crippen molar-refractivity contribution in [2.24, 2.45) is 21.5 Å². The van der Waals surface area contributed by atoms with Gasteiger partial charge in [-0.15, -0.1) is 0 Å². The number of primary amides is 1. The third-order valence-corrected chi connectivity index (χ3v) is 3.05. The highest BCUT2D eigenvalue weighted by Crippen LogP contribution is 2.23. The minimum Gasteiger partial charge on any atom is -0.390 e. The third kappa shape index (κ3) is 4.89. The van der Waals surface area contributed by atoms with Crippen LogP contribution < -0.4 is 11.5 Å². The molecular weight excluding hydrogens is 296 g/mol. The average molecular weight is 318 g/mol. The molecule has 0 spiro atoms. The molecular formula is C15H22N6O2. The zero-order chi connectivity index (χ0) is 17.6. The molecule has 4 N–H and O–H groups in total. The van der Waals surface area contributed by atoms with Gasteiger partial charge in [0.25, 0.3) is 5.91 Å². The van der Waals surface area contributed by atoms with E-state index in [-0.39, 0.29) is 11.7 Å². The van der Waals surface area contributed by atoms with E-state index in [9.17, 15) is 9.59 Å². The number of amidine groups is 1. The van der Waals surface area contributed by atoms with E-state index in [1.54, 1.807) is 38.4 Å². The first-order valence-electron chi connectivity index (χ1n) is 6.88. The molecule has 0 aliphatic heterocycles. The standard InChI is InChI=1S/C15H22N6O2/c1-20(2)12(15(23)21(3)4)10-5-7-11(8-6-10)19-14(13(17)22)18-9-16/h5-9,12H,1-4H3,(H2,17,22)(H2,16,18,19)/t12-/m0/s1. The molecule has 1 aromatic rings. The second-order valence-corrected chi connectivity index (χ2v) is 5.27. The Balaban J connectivity index is 3.14. The van der Waals surface area contributed by atoms with Crippen molar-refractivity contribution >= 4 is 29.7 Å². The van der Waals surface area contributed by atoms with Gasteiger partial charge in [0.15, 0.2) is 0 Å². The SMILES string of the molecule is CN(C)C(=O)[C@H](c1ccc(N=C(N=CN)C(N)=O)cc1)N(C)C. The van der Waals surface area contributed by atoms with Crippen molar-refractivity contribution in [2.75, 3.05) is 28.2 Å². The molecule has 23 heavy (non-hydrogen) atoms. The van der Waals surface area contributed by atoms with Crippen LogP contribution in [0, 0.1) is 0 Å². The first-order chi connectivity index (χ1) is 10.8. The van der Waals surface area contributed by atoms with Crippen LogP contribution in [-0.4, -0.2) is 62.0 Å². The predicted molar refractivity (Wildman–Crippen MR) is 90.5 cm³/mol. The van der Waals surface area contributed by atoms with Crippen molar-refractivity contribution in [2.45, 2.75) is 6.04 Å². The van der Waals surface area contributed by atoms with Gasteiger partial charge in [-0.3, -0.25) is 14.5 Å². The Kier molecular flexibility index (Phi) is 6.40. The van der Waals surface area contributed by atoms with Crippen molar-refractivity contribution in [3.63, 3.8) is 0 Å². The number of hydrogen-bond acceptors (Lipinski definition) is 4. The van der Waals surface area contributed by atoms with E-state index in [0.29, 0.717) is 5.69 Å². The molecule has 8 nitrogen and oxygen atoms in total. The molecule has 0 unspecified atom stereocenters. The predicted octanol–water partition coefficient (Wildman–Crippen LogP) is -0.120. The quantitative estimate of drug-likeness (QED) is 0.594. The van der Waals surface area contributed by atoms with Crippen LogP contribution in [0.2, 0.25) is 0 Å². The molecule has 0 bridgehead atoms. The number of aliphatic imine (C=N–C) groups is 2. The number of hydrogen-bond donors (Lipinski definition) is 2. The number of carbonyl (C=O) groups excluding carboxylic acids is 2. The van der Waals surface area contributed by atoms with Crippen molar-refractivity contribution in [3.05, 3.63) is 29.8 Å². The first-order valence-corrected chi connectivity index (χ1v) is 6.88. The highest BCUT2D eigenvalue weighted by molar-refractivity contribution is 6.39. The topological polar surface area (TPSA) is 117 Å². The molecule has 0 saturated carbocycles. The lowest BCUT2D eigenvalue weighted by atomic mass is 10.0. The maximum absolute atomic E-state index is 12.3.